The molecule has 1 unspecified atom stereocenters. The van der Waals surface area contributed by atoms with Crippen LogP contribution in [0.2, 0.25) is 0 Å². The lowest BCUT2D eigenvalue weighted by molar-refractivity contribution is -0.116. The fourth-order valence-electron chi connectivity index (χ4n) is 2.69. The van der Waals surface area contributed by atoms with E-state index < -0.39 is 0 Å². The van der Waals surface area contributed by atoms with Crippen molar-refractivity contribution in [2.45, 2.75) is 58.0 Å². The van der Waals surface area contributed by atoms with E-state index in [0.29, 0.717) is 41.7 Å². The number of allylic oxidation sites excluding steroid dienone is 2. The van der Waals surface area contributed by atoms with Gasteiger partial charge in [0.05, 0.1) is 15.9 Å². The number of carbonyl (C=O) groups is 1. The Kier molecular flexibility index (Phi) is 9.79. The van der Waals surface area contributed by atoms with Gasteiger partial charge in [0.2, 0.25) is 0 Å². The van der Waals surface area contributed by atoms with Crippen molar-refractivity contribution in [1.82, 2.24) is 0 Å². The van der Waals surface area contributed by atoms with Crippen molar-refractivity contribution in [2.75, 3.05) is 18.1 Å². The van der Waals surface area contributed by atoms with Crippen molar-refractivity contribution in [1.29, 1.82) is 0 Å². The molecule has 6 heteroatoms. The normalized spacial score (nSPS) is 19.6. The minimum absolute atomic E-state index is 0.00376. The lowest BCUT2D eigenvalue weighted by atomic mass is 9.85. The number of aliphatic hydroxyl groups is 1. The van der Waals surface area contributed by atoms with Crippen LogP contribution in [0.15, 0.2) is 16.5 Å². The van der Waals surface area contributed by atoms with Crippen molar-refractivity contribution in [3.05, 3.63) is 11.3 Å². The second-order valence-electron chi connectivity index (χ2n) is 5.40. The van der Waals surface area contributed by atoms with Gasteiger partial charge in [-0.1, -0.05) is 32.3 Å². The molecule has 0 aromatic heterocycles. The molecule has 1 atom stereocenters. The van der Waals surface area contributed by atoms with Crippen molar-refractivity contribution in [2.24, 2.45) is 11.1 Å². The fraction of sp³-hybridized carbons (Fsp3) is 0.765. The molecule has 0 heterocycles. The first-order valence-corrected chi connectivity index (χ1v) is 10.6. The molecule has 0 saturated heterocycles. The molecule has 0 radical (unpaired) electrons. The van der Waals surface area contributed by atoms with Gasteiger partial charge in [-0.15, -0.1) is 23.5 Å². The summed E-state index contributed by atoms with van der Waals surface area (Å²) in [5.41, 5.74) is 0.997. The molecule has 1 rings (SSSR count). The summed E-state index contributed by atoms with van der Waals surface area (Å²) in [5, 5.41) is 14.6. The number of hydrogen-bond donors (Lipinski definition) is 1. The van der Waals surface area contributed by atoms with Gasteiger partial charge in [0.25, 0.3) is 0 Å². The molecule has 0 amide bonds. The summed E-state index contributed by atoms with van der Waals surface area (Å²) in [6, 6.07) is 0. The van der Waals surface area contributed by atoms with E-state index in [9.17, 15) is 9.90 Å². The molecule has 132 valence electrons. The quantitative estimate of drug-likeness (QED) is 0.345. The summed E-state index contributed by atoms with van der Waals surface area (Å²) in [7, 11) is 0. The van der Waals surface area contributed by atoms with Gasteiger partial charge in [0, 0.05) is 12.8 Å². The summed E-state index contributed by atoms with van der Waals surface area (Å²) in [5.74, 6) is 2.43. The Labute approximate surface area is 148 Å². The minimum Gasteiger partial charge on any atom is -0.511 e. The van der Waals surface area contributed by atoms with Crippen molar-refractivity contribution < 1.29 is 14.7 Å². The van der Waals surface area contributed by atoms with E-state index in [0.717, 1.165) is 17.9 Å². The number of hydrogen-bond acceptors (Lipinski definition) is 6. The molecule has 0 aromatic rings. The molecular weight excluding hydrogens is 330 g/mol. The highest BCUT2D eigenvalue weighted by Gasteiger charge is 2.34. The van der Waals surface area contributed by atoms with Crippen LogP contribution < -0.4 is 0 Å². The van der Waals surface area contributed by atoms with Crippen molar-refractivity contribution in [3.8, 4) is 0 Å². The molecule has 0 aliphatic heterocycles. The largest absolute Gasteiger partial charge is 0.511 e. The second-order valence-corrected chi connectivity index (χ2v) is 8.53. The first-order valence-electron chi connectivity index (χ1n) is 8.46. The van der Waals surface area contributed by atoms with E-state index >= 15 is 0 Å². The Bertz CT molecular complexity index is 443. The van der Waals surface area contributed by atoms with Crippen LogP contribution in [0.3, 0.4) is 0 Å². The molecule has 0 saturated carbocycles. The Hall–Kier alpha value is -0.620. The maximum Gasteiger partial charge on any atom is 0.168 e. The Morgan fingerprint density at radius 1 is 1.26 bits per heavy atom. The zero-order chi connectivity index (χ0) is 17.2. The van der Waals surface area contributed by atoms with Crippen LogP contribution in [0.1, 0.15) is 53.4 Å². The van der Waals surface area contributed by atoms with E-state index in [1.807, 2.05) is 37.4 Å². The van der Waals surface area contributed by atoms with Gasteiger partial charge in [0.15, 0.2) is 5.78 Å². The molecule has 1 N–H and O–H groups in total. The summed E-state index contributed by atoms with van der Waals surface area (Å²) in [4.78, 5) is 17.8. The van der Waals surface area contributed by atoms with E-state index in [2.05, 4.69) is 19.0 Å². The SMILES string of the molecule is CCCC(=NOCC)C1=C(O)CC(C(SCC)SCC)CC1=O. The highest BCUT2D eigenvalue weighted by atomic mass is 32.2. The zero-order valence-electron chi connectivity index (χ0n) is 14.6. The zero-order valence-corrected chi connectivity index (χ0v) is 16.3. The number of oxime groups is 1. The van der Waals surface area contributed by atoms with Crippen LogP contribution in [-0.2, 0) is 9.63 Å². The summed E-state index contributed by atoms with van der Waals surface area (Å²) < 4.78 is 0.358. The maximum absolute atomic E-state index is 12.6. The number of nitrogens with zero attached hydrogens (tertiary/aromatic N) is 1. The smallest absolute Gasteiger partial charge is 0.168 e. The third-order valence-corrected chi connectivity index (χ3v) is 6.51. The van der Waals surface area contributed by atoms with Gasteiger partial charge in [-0.25, -0.2) is 0 Å². The summed E-state index contributed by atoms with van der Waals surface area (Å²) >= 11 is 3.73. The van der Waals surface area contributed by atoms with Crippen LogP contribution in [0.25, 0.3) is 0 Å². The molecule has 1 aliphatic carbocycles. The van der Waals surface area contributed by atoms with E-state index in [4.69, 9.17) is 4.84 Å². The number of carbonyl (C=O) groups excluding carboxylic acids is 1. The first kappa shape index (κ1) is 20.4. The monoisotopic (exact) mass is 359 g/mol. The van der Waals surface area contributed by atoms with E-state index in [-0.39, 0.29) is 17.5 Å². The standard InChI is InChI=1S/C17H29NO3S2/c1-5-9-13(18-21-6-2)16-14(19)10-12(11-15(16)20)17(22-7-3)23-8-4/h12,17,19H,5-11H2,1-4H3. The number of ketones is 1. The Morgan fingerprint density at radius 2 is 1.91 bits per heavy atom. The number of rotatable bonds is 10. The molecule has 0 spiro atoms. The highest BCUT2D eigenvalue weighted by Crippen LogP contribution is 2.39. The third kappa shape index (κ3) is 6.07. The average Bonchev–Trinajstić information content (AvgIpc) is 2.51. The average molecular weight is 360 g/mol. The lowest BCUT2D eigenvalue weighted by Crippen LogP contribution is -2.29. The predicted octanol–water partition coefficient (Wildman–Crippen LogP) is 4.80. The first-order chi connectivity index (χ1) is 11.1. The third-order valence-electron chi connectivity index (χ3n) is 3.60. The molecule has 1 aliphatic rings. The van der Waals surface area contributed by atoms with Gasteiger partial charge in [-0.3, -0.25) is 4.79 Å². The number of Topliss-reactive ketones (excluding diaryl/α,β-unsaturated/α-hetero) is 1. The Morgan fingerprint density at radius 3 is 2.39 bits per heavy atom. The van der Waals surface area contributed by atoms with Gasteiger partial charge < -0.3 is 9.94 Å². The fourth-order valence-corrected chi connectivity index (χ4v) is 5.48. The van der Waals surface area contributed by atoms with E-state index in [1.54, 1.807) is 0 Å². The van der Waals surface area contributed by atoms with Crippen LogP contribution in [0.5, 0.6) is 0 Å². The minimum atomic E-state index is 0.00376. The highest BCUT2D eigenvalue weighted by molar-refractivity contribution is 8.17. The topological polar surface area (TPSA) is 58.9 Å². The van der Waals surface area contributed by atoms with Crippen molar-refractivity contribution in [3.63, 3.8) is 0 Å². The van der Waals surface area contributed by atoms with Crippen LogP contribution in [-0.4, -0.2) is 39.3 Å². The summed E-state index contributed by atoms with van der Waals surface area (Å²) in [6.45, 7) is 8.61. The second kappa shape index (κ2) is 11.0. The van der Waals surface area contributed by atoms with E-state index in [1.165, 1.54) is 0 Å². The van der Waals surface area contributed by atoms with Gasteiger partial charge in [-0.2, -0.15) is 0 Å². The molecular formula is C17H29NO3S2. The van der Waals surface area contributed by atoms with Crippen LogP contribution in [0, 0.1) is 5.92 Å². The Balaban J connectivity index is 2.98. The number of aliphatic hydroxyl groups excluding tert-OH is 1. The molecule has 0 fully saturated rings. The molecule has 0 aromatic carbocycles. The molecule has 0 bridgehead atoms. The van der Waals surface area contributed by atoms with Crippen LogP contribution in [0.4, 0.5) is 0 Å². The van der Waals surface area contributed by atoms with Crippen LogP contribution >= 0.6 is 23.5 Å². The lowest BCUT2D eigenvalue weighted by Gasteiger charge is -2.29. The van der Waals surface area contributed by atoms with Gasteiger partial charge in [-0.05, 0) is 30.8 Å². The predicted molar refractivity (Wildman–Crippen MR) is 101 cm³/mol. The molecule has 23 heavy (non-hydrogen) atoms. The van der Waals surface area contributed by atoms with Gasteiger partial charge >= 0.3 is 0 Å². The molecule has 4 nitrogen and oxygen atoms in total. The maximum atomic E-state index is 12.6. The summed E-state index contributed by atoms with van der Waals surface area (Å²) in [6.07, 6.45) is 2.55. The van der Waals surface area contributed by atoms with Crippen molar-refractivity contribution >= 4 is 35.0 Å². The number of thioether (sulfide) groups is 2. The van der Waals surface area contributed by atoms with Gasteiger partial charge in [0.1, 0.15) is 12.4 Å².